The molecule has 158 valence electrons. The molecule has 0 atom stereocenters. The minimum atomic E-state index is -4.13. The summed E-state index contributed by atoms with van der Waals surface area (Å²) >= 11 is 0. The Morgan fingerprint density at radius 3 is 1.81 bits per heavy atom. The number of aromatic carboxylic acids is 2. The Labute approximate surface area is 177 Å². The fraction of sp³-hybridized carbons (Fsp3) is 0. The van der Waals surface area contributed by atoms with Gasteiger partial charge < -0.3 is 25.1 Å². The molecule has 3 aromatic carbocycles. The van der Waals surface area contributed by atoms with Crippen molar-refractivity contribution in [2.24, 2.45) is 0 Å². The predicted octanol–water partition coefficient (Wildman–Crippen LogP) is 0.467. The average Bonchev–Trinajstić information content (AvgIpc) is 2.74. The molecule has 0 aliphatic rings. The van der Waals surface area contributed by atoms with Crippen LogP contribution in [0.2, 0.25) is 0 Å². The first-order valence-corrected chi connectivity index (χ1v) is 10.2. The van der Waals surface area contributed by atoms with Crippen molar-refractivity contribution >= 4 is 39.2 Å². The molecule has 3 rings (SSSR count). The van der Waals surface area contributed by atoms with E-state index in [4.69, 9.17) is 0 Å². The van der Waals surface area contributed by atoms with Gasteiger partial charge in [0.15, 0.2) is 0 Å². The number of carbonyl (C=O) groups excluding carboxylic acids is 3. The first kappa shape index (κ1) is 21.5. The molecule has 0 bridgehead atoms. The van der Waals surface area contributed by atoms with Gasteiger partial charge in [0.2, 0.25) is 0 Å². The molecule has 0 saturated heterocycles. The molecule has 2 N–H and O–H groups in total. The van der Waals surface area contributed by atoms with E-state index in [0.29, 0.717) is 0 Å². The number of rotatable bonds is 7. The highest BCUT2D eigenvalue weighted by Crippen LogP contribution is 2.19. The first-order chi connectivity index (χ1) is 14.7. The molecule has 10 heteroatoms. The van der Waals surface area contributed by atoms with Crippen molar-refractivity contribution in [2.45, 2.75) is 4.90 Å². The summed E-state index contributed by atoms with van der Waals surface area (Å²) < 4.78 is 27.6. The number of nitrogens with one attached hydrogen (secondary N) is 2. The number of anilines is 2. The second-order valence-corrected chi connectivity index (χ2v) is 8.01. The van der Waals surface area contributed by atoms with Gasteiger partial charge in [-0.05, 0) is 53.6 Å². The molecule has 0 aliphatic heterocycles. The highest BCUT2D eigenvalue weighted by atomic mass is 32.2. The van der Waals surface area contributed by atoms with Crippen LogP contribution in [0.15, 0.2) is 77.7 Å². The van der Waals surface area contributed by atoms with E-state index >= 15 is 0 Å². The zero-order valence-corrected chi connectivity index (χ0v) is 16.5. The monoisotopic (exact) mass is 438 g/mol. The van der Waals surface area contributed by atoms with Crippen LogP contribution in [0.3, 0.4) is 0 Å². The smallest absolute Gasteiger partial charge is 0.261 e. The van der Waals surface area contributed by atoms with Crippen LogP contribution < -0.4 is 20.3 Å². The standard InChI is InChI=1S/C21H16N2O7S/c24-19(22-16-7-1-5-14(10-16)20(25)26)13-4-3-9-18(12-13)31(29,30)23-17-8-2-6-15(11-17)21(27)28/h1-12,23H,(H,22,24)(H,25,26)(H,27,28)/p-2. The molecule has 0 fully saturated rings. The van der Waals surface area contributed by atoms with Gasteiger partial charge in [0.1, 0.15) is 0 Å². The minimum Gasteiger partial charge on any atom is -0.545 e. The lowest BCUT2D eigenvalue weighted by Gasteiger charge is -2.11. The third-order valence-corrected chi connectivity index (χ3v) is 5.49. The minimum absolute atomic E-state index is 0.00483. The van der Waals surface area contributed by atoms with Gasteiger partial charge in [0.05, 0.1) is 16.8 Å². The quantitative estimate of drug-likeness (QED) is 0.543. The SMILES string of the molecule is O=C([O-])c1cccc(NC(=O)c2cccc(S(=O)(=O)Nc3cccc(C(=O)[O-])c3)c2)c1. The van der Waals surface area contributed by atoms with Crippen LogP contribution in [0.25, 0.3) is 0 Å². The van der Waals surface area contributed by atoms with Crippen molar-refractivity contribution < 1.29 is 33.0 Å². The number of benzene rings is 3. The maximum absolute atomic E-state index is 12.7. The van der Waals surface area contributed by atoms with Gasteiger partial charge in [-0.2, -0.15) is 0 Å². The summed E-state index contributed by atoms with van der Waals surface area (Å²) in [7, 11) is -4.13. The highest BCUT2D eigenvalue weighted by molar-refractivity contribution is 7.92. The topological polar surface area (TPSA) is 156 Å². The Morgan fingerprint density at radius 2 is 1.19 bits per heavy atom. The zero-order valence-electron chi connectivity index (χ0n) is 15.7. The number of carboxylic acid groups (broad SMARTS) is 2. The molecule has 0 unspecified atom stereocenters. The van der Waals surface area contributed by atoms with Crippen LogP contribution in [-0.4, -0.2) is 26.3 Å². The second-order valence-electron chi connectivity index (χ2n) is 6.32. The van der Waals surface area contributed by atoms with E-state index in [0.717, 1.165) is 12.1 Å². The molecule has 3 aromatic rings. The molecule has 0 aromatic heterocycles. The van der Waals surface area contributed by atoms with E-state index in [1.165, 1.54) is 60.7 Å². The summed E-state index contributed by atoms with van der Waals surface area (Å²) in [6.07, 6.45) is 0. The normalized spacial score (nSPS) is 10.8. The second kappa shape index (κ2) is 8.67. The maximum Gasteiger partial charge on any atom is 0.261 e. The van der Waals surface area contributed by atoms with Crippen LogP contribution in [0.4, 0.5) is 11.4 Å². The van der Waals surface area contributed by atoms with Crippen LogP contribution >= 0.6 is 0 Å². The van der Waals surface area contributed by atoms with Crippen molar-refractivity contribution in [3.8, 4) is 0 Å². The van der Waals surface area contributed by atoms with E-state index in [9.17, 15) is 33.0 Å². The third kappa shape index (κ3) is 5.25. The summed E-state index contributed by atoms with van der Waals surface area (Å²) in [6, 6.07) is 15.6. The Bertz CT molecular complexity index is 1290. The molecule has 0 spiro atoms. The molecule has 0 aliphatic carbocycles. The number of hydrogen-bond acceptors (Lipinski definition) is 7. The van der Waals surface area contributed by atoms with E-state index in [1.807, 2.05) is 0 Å². The van der Waals surface area contributed by atoms with Gasteiger partial charge in [-0.1, -0.05) is 30.3 Å². The molecule has 31 heavy (non-hydrogen) atoms. The molecule has 0 saturated carbocycles. The number of sulfonamides is 1. The van der Waals surface area contributed by atoms with Crippen LogP contribution in [-0.2, 0) is 10.0 Å². The largest absolute Gasteiger partial charge is 0.545 e. The van der Waals surface area contributed by atoms with E-state index < -0.39 is 27.9 Å². The highest BCUT2D eigenvalue weighted by Gasteiger charge is 2.17. The summed E-state index contributed by atoms with van der Waals surface area (Å²) in [5.41, 5.74) is -0.123. The van der Waals surface area contributed by atoms with Crippen LogP contribution in [0, 0.1) is 0 Å². The van der Waals surface area contributed by atoms with Gasteiger partial charge in [-0.25, -0.2) is 8.42 Å². The van der Waals surface area contributed by atoms with Gasteiger partial charge in [0.25, 0.3) is 15.9 Å². The number of carboxylic acids is 2. The molecular formula is C21H14N2O7S-2. The summed E-state index contributed by atoms with van der Waals surface area (Å²) in [4.78, 5) is 34.1. The Hall–Kier alpha value is -4.18. The third-order valence-electron chi connectivity index (χ3n) is 4.11. The Kier molecular flexibility index (Phi) is 6.02. The Balaban J connectivity index is 1.82. The number of hydrogen-bond donors (Lipinski definition) is 2. The number of amides is 1. The van der Waals surface area contributed by atoms with Crippen molar-refractivity contribution in [3.05, 3.63) is 89.5 Å². The lowest BCUT2D eigenvalue weighted by atomic mass is 10.2. The van der Waals surface area contributed by atoms with Crippen LogP contribution in [0.5, 0.6) is 0 Å². The van der Waals surface area contributed by atoms with E-state index in [-0.39, 0.29) is 33.0 Å². The molecule has 1 amide bonds. The fourth-order valence-corrected chi connectivity index (χ4v) is 3.75. The molecule has 9 nitrogen and oxygen atoms in total. The maximum atomic E-state index is 12.7. The van der Waals surface area contributed by atoms with Gasteiger partial charge in [-0.15, -0.1) is 0 Å². The van der Waals surface area contributed by atoms with Crippen LogP contribution in [0.1, 0.15) is 31.1 Å². The van der Waals surface area contributed by atoms with E-state index in [2.05, 4.69) is 10.0 Å². The van der Waals surface area contributed by atoms with Gasteiger partial charge >= 0.3 is 0 Å². The molecule has 0 heterocycles. The summed E-state index contributed by atoms with van der Waals surface area (Å²) in [5.74, 6) is -3.52. The van der Waals surface area contributed by atoms with Crippen molar-refractivity contribution in [1.29, 1.82) is 0 Å². The first-order valence-electron chi connectivity index (χ1n) is 8.73. The summed E-state index contributed by atoms with van der Waals surface area (Å²) in [5, 5.41) is 24.4. The van der Waals surface area contributed by atoms with Crippen molar-refractivity contribution in [3.63, 3.8) is 0 Å². The Morgan fingerprint density at radius 1 is 0.677 bits per heavy atom. The van der Waals surface area contributed by atoms with Crippen molar-refractivity contribution in [1.82, 2.24) is 0 Å². The van der Waals surface area contributed by atoms with E-state index in [1.54, 1.807) is 0 Å². The fourth-order valence-electron chi connectivity index (χ4n) is 2.66. The van der Waals surface area contributed by atoms with Crippen molar-refractivity contribution in [2.75, 3.05) is 10.0 Å². The van der Waals surface area contributed by atoms with Gasteiger partial charge in [0, 0.05) is 16.9 Å². The average molecular weight is 438 g/mol. The molecular weight excluding hydrogens is 424 g/mol. The van der Waals surface area contributed by atoms with Gasteiger partial charge in [-0.3, -0.25) is 9.52 Å². The number of carbonyl (C=O) groups is 3. The molecule has 0 radical (unpaired) electrons. The lowest BCUT2D eigenvalue weighted by molar-refractivity contribution is -0.256. The predicted molar refractivity (Wildman–Crippen MR) is 107 cm³/mol. The summed E-state index contributed by atoms with van der Waals surface area (Å²) in [6.45, 7) is 0. The zero-order chi connectivity index (χ0) is 22.6. The lowest BCUT2D eigenvalue weighted by Crippen LogP contribution is -2.22.